The van der Waals surface area contributed by atoms with E-state index in [1.54, 1.807) is 19.1 Å². The maximum absolute atomic E-state index is 8.94. The minimum Gasteiger partial charge on any atom is -0.508 e. The Morgan fingerprint density at radius 1 is 1.05 bits per heavy atom. The number of benzene rings is 1. The normalized spacial score (nSPS) is 7.47. The average molecular weight is 264 g/mol. The predicted octanol–water partition coefficient (Wildman–Crippen LogP) is 5.87. The summed E-state index contributed by atoms with van der Waals surface area (Å²) in [5.74, 6) is 2.60. The summed E-state index contributed by atoms with van der Waals surface area (Å²) in [6.45, 7) is 14.1. The third kappa shape index (κ3) is 19.1. The zero-order chi connectivity index (χ0) is 15.7. The van der Waals surface area contributed by atoms with Crippen LogP contribution in [0.25, 0.3) is 0 Å². The second-order valence-electron chi connectivity index (χ2n) is 3.91. The van der Waals surface area contributed by atoms with E-state index in [1.807, 2.05) is 33.8 Å². The fourth-order valence-electron chi connectivity index (χ4n) is 1.08. The van der Waals surface area contributed by atoms with Crippen LogP contribution in [0.4, 0.5) is 0 Å². The Hall–Kier alpha value is -1.42. The molecule has 0 radical (unpaired) electrons. The molecule has 1 N–H and O–H groups in total. The lowest BCUT2D eigenvalue weighted by Crippen LogP contribution is -1.76. The fourth-order valence-corrected chi connectivity index (χ4v) is 1.08. The minimum absolute atomic E-state index is 0.345. The standard InChI is InChI=1S/C8H10O.C5H12.C3H4.C2H6/c1-6-3-4-8(9)5-7(6)2;1-3-5-4-2;1-3-2;1-2/h3-5,9H,1-2H3;3-5H2,1-2H3;1H,2H3;1-2H3. The Kier molecular flexibility index (Phi) is 22.7. The first kappa shape index (κ1) is 22.7. The van der Waals surface area contributed by atoms with Gasteiger partial charge in [-0.25, -0.2) is 0 Å². The molecule has 1 nitrogen and oxygen atoms in total. The molecule has 1 heteroatoms. The molecule has 0 aliphatic heterocycles. The smallest absolute Gasteiger partial charge is 0.115 e. The van der Waals surface area contributed by atoms with Crippen LogP contribution in [0.3, 0.4) is 0 Å². The quantitative estimate of drug-likeness (QED) is 0.662. The first-order valence-corrected chi connectivity index (χ1v) is 7.16. The van der Waals surface area contributed by atoms with Crippen LogP contribution >= 0.6 is 0 Å². The van der Waals surface area contributed by atoms with Crippen molar-refractivity contribution < 1.29 is 5.11 Å². The molecule has 0 atom stereocenters. The van der Waals surface area contributed by atoms with Gasteiger partial charge in [0.05, 0.1) is 0 Å². The van der Waals surface area contributed by atoms with Crippen LogP contribution < -0.4 is 0 Å². The molecule has 0 heterocycles. The van der Waals surface area contributed by atoms with E-state index in [-0.39, 0.29) is 0 Å². The maximum atomic E-state index is 8.94. The van der Waals surface area contributed by atoms with Crippen molar-refractivity contribution in [1.82, 2.24) is 0 Å². The highest BCUT2D eigenvalue weighted by Crippen LogP contribution is 2.13. The van der Waals surface area contributed by atoms with Gasteiger partial charge in [-0.1, -0.05) is 53.0 Å². The molecular formula is C18H32O. The van der Waals surface area contributed by atoms with Crippen molar-refractivity contribution in [1.29, 1.82) is 0 Å². The molecule has 1 rings (SSSR count). The van der Waals surface area contributed by atoms with E-state index in [0.29, 0.717) is 5.75 Å². The number of unbranched alkanes of at least 4 members (excludes halogenated alkanes) is 2. The van der Waals surface area contributed by atoms with Crippen molar-refractivity contribution in [2.45, 2.75) is 67.7 Å². The number of hydrogen-bond donors (Lipinski definition) is 1. The first-order chi connectivity index (χ1) is 9.03. The highest BCUT2D eigenvalue weighted by atomic mass is 16.3. The monoisotopic (exact) mass is 264 g/mol. The third-order valence-electron chi connectivity index (χ3n) is 2.20. The predicted molar refractivity (Wildman–Crippen MR) is 88.6 cm³/mol. The topological polar surface area (TPSA) is 20.2 Å². The van der Waals surface area contributed by atoms with Crippen molar-refractivity contribution in [3.05, 3.63) is 29.3 Å². The van der Waals surface area contributed by atoms with Crippen LogP contribution in [0.1, 0.15) is 65.0 Å². The van der Waals surface area contributed by atoms with E-state index >= 15 is 0 Å². The van der Waals surface area contributed by atoms with E-state index < -0.39 is 0 Å². The fraction of sp³-hybridized carbons (Fsp3) is 0.556. The number of aromatic hydroxyl groups is 1. The molecule has 0 aliphatic rings. The number of aryl methyl sites for hydroxylation is 2. The van der Waals surface area contributed by atoms with Gasteiger partial charge in [-0.05, 0) is 44.0 Å². The maximum Gasteiger partial charge on any atom is 0.115 e. The van der Waals surface area contributed by atoms with Crippen molar-refractivity contribution in [2.75, 3.05) is 0 Å². The van der Waals surface area contributed by atoms with Crippen LogP contribution in [0.5, 0.6) is 5.75 Å². The lowest BCUT2D eigenvalue weighted by Gasteiger charge is -1.97. The molecule has 0 fully saturated rings. The summed E-state index contributed by atoms with van der Waals surface area (Å²) < 4.78 is 0. The second kappa shape index (κ2) is 18.9. The first-order valence-electron chi connectivity index (χ1n) is 7.16. The van der Waals surface area contributed by atoms with E-state index in [9.17, 15) is 0 Å². The molecule has 0 saturated carbocycles. The number of hydrogen-bond acceptors (Lipinski definition) is 1. The van der Waals surface area contributed by atoms with Crippen LogP contribution in [0.15, 0.2) is 18.2 Å². The molecule has 0 aliphatic carbocycles. The highest BCUT2D eigenvalue weighted by Gasteiger charge is 1.90. The molecule has 0 aromatic heterocycles. The summed E-state index contributed by atoms with van der Waals surface area (Å²) in [7, 11) is 0. The largest absolute Gasteiger partial charge is 0.508 e. The molecule has 0 amide bonds. The van der Waals surface area contributed by atoms with Gasteiger partial charge in [0.25, 0.3) is 0 Å². The summed E-state index contributed by atoms with van der Waals surface area (Å²) in [6, 6.07) is 5.36. The number of phenolic OH excluding ortho intramolecular Hbond substituents is 1. The number of rotatable bonds is 2. The minimum atomic E-state index is 0.345. The molecule has 0 saturated heterocycles. The van der Waals surface area contributed by atoms with E-state index in [0.717, 1.165) is 5.56 Å². The highest BCUT2D eigenvalue weighted by molar-refractivity contribution is 5.32. The summed E-state index contributed by atoms with van der Waals surface area (Å²) >= 11 is 0. The summed E-state index contributed by atoms with van der Waals surface area (Å²) in [5.41, 5.74) is 2.35. The summed E-state index contributed by atoms with van der Waals surface area (Å²) in [6.07, 6.45) is 8.67. The van der Waals surface area contributed by atoms with Gasteiger partial charge in [0.1, 0.15) is 5.75 Å². The second-order valence-corrected chi connectivity index (χ2v) is 3.91. The zero-order valence-corrected chi connectivity index (χ0v) is 13.9. The van der Waals surface area contributed by atoms with Gasteiger partial charge in [0, 0.05) is 0 Å². The Balaban J connectivity index is -0.000000219. The number of phenols is 1. The van der Waals surface area contributed by atoms with Crippen molar-refractivity contribution in [2.24, 2.45) is 0 Å². The molecule has 0 unspecified atom stereocenters. The van der Waals surface area contributed by atoms with Crippen LogP contribution in [-0.2, 0) is 0 Å². The van der Waals surface area contributed by atoms with Crippen LogP contribution in [-0.4, -0.2) is 5.11 Å². The molecule has 0 spiro atoms. The van der Waals surface area contributed by atoms with E-state index in [4.69, 9.17) is 5.11 Å². The molecule has 19 heavy (non-hydrogen) atoms. The SMILES string of the molecule is C#CC.CC.CCCCC.Cc1ccc(O)cc1C. The van der Waals surface area contributed by atoms with Crippen molar-refractivity contribution in [3.8, 4) is 18.1 Å². The van der Waals surface area contributed by atoms with Gasteiger partial charge >= 0.3 is 0 Å². The van der Waals surface area contributed by atoms with Crippen LogP contribution in [0, 0.1) is 26.2 Å². The lowest BCUT2D eigenvalue weighted by atomic mass is 10.1. The third-order valence-corrected chi connectivity index (χ3v) is 2.20. The van der Waals surface area contributed by atoms with Gasteiger partial charge in [-0.15, -0.1) is 12.3 Å². The Labute approximate surface area is 121 Å². The molecule has 0 bridgehead atoms. The summed E-state index contributed by atoms with van der Waals surface area (Å²) in [4.78, 5) is 0. The lowest BCUT2D eigenvalue weighted by molar-refractivity contribution is 0.474. The van der Waals surface area contributed by atoms with Gasteiger partial charge in [0.15, 0.2) is 0 Å². The van der Waals surface area contributed by atoms with Gasteiger partial charge in [-0.3, -0.25) is 0 Å². The van der Waals surface area contributed by atoms with Gasteiger partial charge in [-0.2, -0.15) is 0 Å². The van der Waals surface area contributed by atoms with E-state index in [1.165, 1.54) is 24.8 Å². The van der Waals surface area contributed by atoms with E-state index in [2.05, 4.69) is 26.2 Å². The zero-order valence-electron chi connectivity index (χ0n) is 13.9. The number of terminal acetylenes is 1. The van der Waals surface area contributed by atoms with Gasteiger partial charge in [0.2, 0.25) is 0 Å². The van der Waals surface area contributed by atoms with Crippen molar-refractivity contribution in [3.63, 3.8) is 0 Å². The Morgan fingerprint density at radius 2 is 1.47 bits per heavy atom. The Bertz CT molecular complexity index is 319. The molecule has 110 valence electrons. The summed E-state index contributed by atoms with van der Waals surface area (Å²) in [5, 5.41) is 8.94. The van der Waals surface area contributed by atoms with Gasteiger partial charge < -0.3 is 5.11 Å². The average Bonchev–Trinajstić information content (AvgIpc) is 2.39. The van der Waals surface area contributed by atoms with Crippen LogP contribution in [0.2, 0.25) is 0 Å². The molecular weight excluding hydrogens is 232 g/mol. The Morgan fingerprint density at radius 3 is 1.68 bits per heavy atom. The molecule has 1 aromatic rings. The van der Waals surface area contributed by atoms with Crippen molar-refractivity contribution >= 4 is 0 Å². The molecule has 1 aromatic carbocycles.